The minimum atomic E-state index is -4.20. The van der Waals surface area contributed by atoms with Crippen LogP contribution in [0.5, 0.6) is 0 Å². The summed E-state index contributed by atoms with van der Waals surface area (Å²) in [6, 6.07) is 0.220. The molecule has 1 saturated heterocycles. The van der Waals surface area contributed by atoms with E-state index in [0.29, 0.717) is 23.4 Å². The normalized spacial score (nSPS) is 35.2. The number of nitrogens with zero attached hydrogens (tertiary/aromatic N) is 1. The molecule has 240 valence electrons. The second-order valence-corrected chi connectivity index (χ2v) is 12.7. The molecule has 4 aliphatic rings. The number of hydrogen-bond donors (Lipinski definition) is 2. The van der Waals surface area contributed by atoms with E-state index in [1.807, 2.05) is 19.9 Å². The van der Waals surface area contributed by atoms with Crippen molar-refractivity contribution in [3.63, 3.8) is 0 Å². The number of oxime groups is 1. The van der Waals surface area contributed by atoms with Crippen molar-refractivity contribution in [3.8, 4) is 0 Å². The molecule has 3 saturated carbocycles. The fraction of sp³-hybridized carbons (Fsp3) is 0.771. The van der Waals surface area contributed by atoms with Gasteiger partial charge in [0.15, 0.2) is 0 Å². The van der Waals surface area contributed by atoms with Crippen molar-refractivity contribution in [3.05, 3.63) is 42.2 Å². The third kappa shape index (κ3) is 8.42. The Kier molecular flexibility index (Phi) is 14.1. The van der Waals surface area contributed by atoms with E-state index < -0.39 is 6.30 Å². The molecule has 0 aromatic carbocycles. The average Bonchev–Trinajstić information content (AvgIpc) is 3.55. The molecule has 4 rings (SSSR count). The molecule has 0 aromatic rings. The van der Waals surface area contributed by atoms with Crippen LogP contribution in [0.15, 0.2) is 47.3 Å². The molecule has 0 radical (unpaired) electrons. The number of rotatable bonds is 8. The highest BCUT2D eigenvalue weighted by molar-refractivity contribution is 5.85. The molecule has 3 aliphatic carbocycles. The SMILES string of the molecule is C=C=C1CCNC1CO/N=C(\C)C1CCC2C3CC/C(=C/C=C)C(C)(CCC)C3CCC12C.CC.CCNC(F)(F)F. The lowest BCUT2D eigenvalue weighted by Gasteiger charge is -2.57. The lowest BCUT2D eigenvalue weighted by Crippen LogP contribution is -2.50. The summed E-state index contributed by atoms with van der Waals surface area (Å²) in [6.45, 7) is 24.5. The van der Waals surface area contributed by atoms with Gasteiger partial charge in [-0.3, -0.25) is 0 Å². The van der Waals surface area contributed by atoms with Crippen LogP contribution in [-0.4, -0.2) is 37.8 Å². The highest BCUT2D eigenvalue weighted by atomic mass is 19.4. The van der Waals surface area contributed by atoms with Crippen molar-refractivity contribution in [1.29, 1.82) is 0 Å². The maximum Gasteiger partial charge on any atom is 0.457 e. The Morgan fingerprint density at radius 3 is 2.43 bits per heavy atom. The first kappa shape index (κ1) is 36.4. The second kappa shape index (κ2) is 16.3. The quantitative estimate of drug-likeness (QED) is 0.128. The van der Waals surface area contributed by atoms with Gasteiger partial charge in [0.25, 0.3) is 0 Å². The maximum absolute atomic E-state index is 10.9. The predicted molar refractivity (Wildman–Crippen MR) is 170 cm³/mol. The largest absolute Gasteiger partial charge is 0.457 e. The molecule has 0 amide bonds. The van der Waals surface area contributed by atoms with Crippen molar-refractivity contribution in [1.82, 2.24) is 10.6 Å². The monoisotopic (exact) mass is 593 g/mol. The topological polar surface area (TPSA) is 45.6 Å². The predicted octanol–water partition coefficient (Wildman–Crippen LogP) is 9.37. The first-order valence-corrected chi connectivity index (χ1v) is 16.4. The summed E-state index contributed by atoms with van der Waals surface area (Å²) >= 11 is 0. The van der Waals surface area contributed by atoms with E-state index in [4.69, 9.17) is 4.84 Å². The zero-order valence-electron chi connectivity index (χ0n) is 27.4. The highest BCUT2D eigenvalue weighted by Gasteiger charge is 2.58. The second-order valence-electron chi connectivity index (χ2n) is 12.7. The Labute approximate surface area is 254 Å². The first-order chi connectivity index (χ1) is 19.9. The molecular weight excluding hydrogens is 535 g/mol. The Balaban J connectivity index is 0.000000601. The fourth-order valence-corrected chi connectivity index (χ4v) is 8.82. The highest BCUT2D eigenvalue weighted by Crippen LogP contribution is 2.66. The first-order valence-electron chi connectivity index (χ1n) is 16.4. The van der Waals surface area contributed by atoms with Gasteiger partial charge in [-0.1, -0.05) is 84.0 Å². The van der Waals surface area contributed by atoms with Gasteiger partial charge in [0, 0.05) is 19.0 Å². The van der Waals surface area contributed by atoms with Gasteiger partial charge in [-0.2, -0.15) is 13.2 Å². The number of halogens is 3. The van der Waals surface area contributed by atoms with Gasteiger partial charge >= 0.3 is 6.30 Å². The van der Waals surface area contributed by atoms with Gasteiger partial charge in [0.1, 0.15) is 6.61 Å². The number of fused-ring (bicyclic) bond motifs is 3. The van der Waals surface area contributed by atoms with Crippen LogP contribution in [0.3, 0.4) is 0 Å². The number of hydrogen-bond acceptors (Lipinski definition) is 4. The zero-order valence-corrected chi connectivity index (χ0v) is 27.4. The lowest BCUT2D eigenvalue weighted by atomic mass is 9.47. The molecule has 0 aromatic heterocycles. The van der Waals surface area contributed by atoms with E-state index >= 15 is 0 Å². The molecule has 1 aliphatic heterocycles. The minimum Gasteiger partial charge on any atom is -0.394 e. The van der Waals surface area contributed by atoms with Crippen LogP contribution < -0.4 is 10.6 Å². The average molecular weight is 594 g/mol. The molecule has 7 heteroatoms. The van der Waals surface area contributed by atoms with Crippen LogP contribution in [0.2, 0.25) is 0 Å². The van der Waals surface area contributed by atoms with Crippen molar-refractivity contribution in [2.45, 2.75) is 119 Å². The van der Waals surface area contributed by atoms with E-state index in [1.165, 1.54) is 74.9 Å². The fourth-order valence-electron chi connectivity index (χ4n) is 8.82. The van der Waals surface area contributed by atoms with E-state index in [-0.39, 0.29) is 12.6 Å². The number of nitrogens with one attached hydrogen (secondary N) is 2. The molecule has 7 atom stereocenters. The standard InChI is InChI=1S/C30H46N2O.C3H6F3N.C2H6/c1-7-10-23-11-12-24-26-14-13-25(21(4)32-33-20-28-22(9-3)16-19-31-28)30(26,6)18-15-27(24)29(23,5)17-8-2;1-2-7-3(4,5)6;1-2/h7,10,24-28,31H,1,3,8,11-20H2,2,4-6H3;7H,2H2,1H3;1-2H3/b23-10-,32-21+;;. The molecule has 2 N–H and O–H groups in total. The number of alkyl halides is 3. The number of allylic oxidation sites excluding steroid dienone is 3. The molecule has 0 bridgehead atoms. The smallest absolute Gasteiger partial charge is 0.394 e. The third-order valence-electron chi connectivity index (χ3n) is 10.6. The van der Waals surface area contributed by atoms with Gasteiger partial charge in [-0.25, -0.2) is 5.32 Å². The van der Waals surface area contributed by atoms with Crippen LogP contribution in [0.4, 0.5) is 13.2 Å². The summed E-state index contributed by atoms with van der Waals surface area (Å²) in [5, 5.41) is 9.42. The summed E-state index contributed by atoms with van der Waals surface area (Å²) in [7, 11) is 0. The molecule has 42 heavy (non-hydrogen) atoms. The molecule has 7 unspecified atom stereocenters. The Bertz CT molecular complexity index is 982. The summed E-state index contributed by atoms with van der Waals surface area (Å²) in [6.07, 6.45) is 11.7. The van der Waals surface area contributed by atoms with Crippen LogP contribution in [0, 0.1) is 34.5 Å². The summed E-state index contributed by atoms with van der Waals surface area (Å²) in [5.74, 6) is 3.04. The van der Waals surface area contributed by atoms with Gasteiger partial charge < -0.3 is 10.2 Å². The van der Waals surface area contributed by atoms with Crippen molar-refractivity contribution in [2.24, 2.45) is 39.7 Å². The van der Waals surface area contributed by atoms with Crippen LogP contribution in [0.1, 0.15) is 106 Å². The van der Waals surface area contributed by atoms with Gasteiger partial charge in [0.2, 0.25) is 0 Å². The maximum atomic E-state index is 10.9. The van der Waals surface area contributed by atoms with Crippen molar-refractivity contribution >= 4 is 5.71 Å². The van der Waals surface area contributed by atoms with E-state index in [0.717, 1.165) is 30.7 Å². The van der Waals surface area contributed by atoms with Gasteiger partial charge in [-0.05, 0) is 92.4 Å². The van der Waals surface area contributed by atoms with E-state index in [9.17, 15) is 13.2 Å². The molecule has 4 fully saturated rings. The van der Waals surface area contributed by atoms with Crippen molar-refractivity contribution in [2.75, 3.05) is 19.7 Å². The van der Waals surface area contributed by atoms with Gasteiger partial charge in [0.05, 0.1) is 11.8 Å². The van der Waals surface area contributed by atoms with Gasteiger partial charge in [-0.15, -0.1) is 5.73 Å². The summed E-state index contributed by atoms with van der Waals surface area (Å²) < 4.78 is 32.8. The minimum absolute atomic E-state index is 0.0660. The van der Waals surface area contributed by atoms with Crippen LogP contribution in [-0.2, 0) is 4.84 Å². The van der Waals surface area contributed by atoms with Crippen LogP contribution in [0.25, 0.3) is 0 Å². The molecule has 0 spiro atoms. The molecule has 1 heterocycles. The zero-order chi connectivity index (χ0) is 31.6. The van der Waals surface area contributed by atoms with E-state index in [1.54, 1.807) is 5.57 Å². The van der Waals surface area contributed by atoms with Crippen LogP contribution >= 0.6 is 0 Å². The Morgan fingerprint density at radius 1 is 1.14 bits per heavy atom. The Morgan fingerprint density at radius 2 is 1.86 bits per heavy atom. The molecule has 4 nitrogen and oxygen atoms in total. The summed E-state index contributed by atoms with van der Waals surface area (Å²) in [5.41, 5.74) is 7.88. The molecular formula is C35H58F3N3O. The van der Waals surface area contributed by atoms with Crippen molar-refractivity contribution < 1.29 is 18.0 Å². The third-order valence-corrected chi connectivity index (χ3v) is 10.6. The Hall–Kier alpha value is -1.82. The summed E-state index contributed by atoms with van der Waals surface area (Å²) in [4.78, 5) is 5.88. The van der Waals surface area contributed by atoms with E-state index in [2.05, 4.69) is 63.1 Å². The lowest BCUT2D eigenvalue weighted by molar-refractivity contribution is -0.155.